The third kappa shape index (κ3) is 2.19. The Balaban J connectivity index is 2.07. The Morgan fingerprint density at radius 1 is 1.17 bits per heavy atom. The van der Waals surface area contributed by atoms with Gasteiger partial charge in [-0.1, -0.05) is 6.42 Å². The standard InChI is InChI=1S/C15H20BrNO/c16-12-9-10-5-1-2-6-11(10)14(15(12)18)13-7-3-4-8-17-13/h9,13,17-18H,1-8H2. The highest BCUT2D eigenvalue weighted by molar-refractivity contribution is 9.10. The van der Waals surface area contributed by atoms with Crippen LogP contribution in [0.5, 0.6) is 5.75 Å². The fourth-order valence-electron chi connectivity index (χ4n) is 3.36. The van der Waals surface area contributed by atoms with Crippen molar-refractivity contribution >= 4 is 15.9 Å². The maximum Gasteiger partial charge on any atom is 0.134 e. The maximum absolute atomic E-state index is 10.4. The molecule has 0 bridgehead atoms. The van der Waals surface area contributed by atoms with Crippen molar-refractivity contribution in [3.05, 3.63) is 27.2 Å². The van der Waals surface area contributed by atoms with Crippen LogP contribution in [0.1, 0.15) is 54.8 Å². The summed E-state index contributed by atoms with van der Waals surface area (Å²) in [5, 5.41) is 14.0. The summed E-state index contributed by atoms with van der Waals surface area (Å²) in [6.45, 7) is 1.07. The largest absolute Gasteiger partial charge is 0.506 e. The highest BCUT2D eigenvalue weighted by Crippen LogP contribution is 2.41. The number of fused-ring (bicyclic) bond motifs is 1. The minimum atomic E-state index is 0.350. The summed E-state index contributed by atoms with van der Waals surface area (Å²) in [5.74, 6) is 0.468. The Kier molecular flexibility index (Phi) is 3.62. The van der Waals surface area contributed by atoms with Gasteiger partial charge < -0.3 is 10.4 Å². The Morgan fingerprint density at radius 2 is 2.00 bits per heavy atom. The number of nitrogens with one attached hydrogen (secondary N) is 1. The first-order valence-corrected chi connectivity index (χ1v) is 7.83. The third-order valence-corrected chi connectivity index (χ3v) is 4.88. The molecule has 3 rings (SSSR count). The molecule has 2 N–H and O–H groups in total. The lowest BCUT2D eigenvalue weighted by atomic mass is 9.83. The second-order valence-electron chi connectivity index (χ2n) is 5.47. The number of phenols is 1. The van der Waals surface area contributed by atoms with Crippen LogP contribution in [-0.4, -0.2) is 11.7 Å². The summed E-state index contributed by atoms with van der Waals surface area (Å²) in [5.41, 5.74) is 4.04. The molecule has 1 aliphatic heterocycles. The van der Waals surface area contributed by atoms with Crippen LogP contribution in [0.25, 0.3) is 0 Å². The molecular weight excluding hydrogens is 290 g/mol. The van der Waals surface area contributed by atoms with Crippen molar-refractivity contribution < 1.29 is 5.11 Å². The van der Waals surface area contributed by atoms with Gasteiger partial charge in [0.1, 0.15) is 5.75 Å². The molecule has 0 radical (unpaired) electrons. The normalized spacial score (nSPS) is 23.7. The first-order chi connectivity index (χ1) is 8.77. The second kappa shape index (κ2) is 5.22. The molecule has 0 aromatic heterocycles. The van der Waals surface area contributed by atoms with Gasteiger partial charge in [-0.3, -0.25) is 0 Å². The van der Waals surface area contributed by atoms with E-state index >= 15 is 0 Å². The van der Waals surface area contributed by atoms with Crippen molar-refractivity contribution in [2.75, 3.05) is 6.54 Å². The summed E-state index contributed by atoms with van der Waals surface area (Å²) < 4.78 is 0.866. The Hall–Kier alpha value is -0.540. The number of piperidine rings is 1. The molecular formula is C15H20BrNO. The molecule has 18 heavy (non-hydrogen) atoms. The number of phenolic OH excluding ortho intramolecular Hbond substituents is 1. The van der Waals surface area contributed by atoms with Crippen molar-refractivity contribution in [1.29, 1.82) is 0 Å². The highest BCUT2D eigenvalue weighted by Gasteiger charge is 2.26. The molecule has 0 amide bonds. The van der Waals surface area contributed by atoms with E-state index in [1.165, 1.54) is 42.4 Å². The predicted molar refractivity (Wildman–Crippen MR) is 77.0 cm³/mol. The van der Waals surface area contributed by atoms with Crippen LogP contribution >= 0.6 is 15.9 Å². The van der Waals surface area contributed by atoms with Crippen LogP contribution in [-0.2, 0) is 12.8 Å². The number of aromatic hydroxyl groups is 1. The minimum Gasteiger partial charge on any atom is -0.506 e. The first-order valence-electron chi connectivity index (χ1n) is 7.04. The van der Waals surface area contributed by atoms with Crippen LogP contribution in [0.15, 0.2) is 10.5 Å². The van der Waals surface area contributed by atoms with Crippen molar-refractivity contribution in [2.24, 2.45) is 0 Å². The molecule has 1 aromatic rings. The zero-order valence-corrected chi connectivity index (χ0v) is 12.2. The topological polar surface area (TPSA) is 32.3 Å². The highest BCUT2D eigenvalue weighted by atomic mass is 79.9. The summed E-state index contributed by atoms with van der Waals surface area (Å²) in [6.07, 6.45) is 8.50. The molecule has 1 heterocycles. The molecule has 1 aliphatic carbocycles. The van der Waals surface area contributed by atoms with E-state index in [1.807, 2.05) is 0 Å². The fourth-order valence-corrected chi connectivity index (χ4v) is 3.85. The Morgan fingerprint density at radius 3 is 2.78 bits per heavy atom. The van der Waals surface area contributed by atoms with Gasteiger partial charge in [-0.15, -0.1) is 0 Å². The monoisotopic (exact) mass is 309 g/mol. The first kappa shape index (κ1) is 12.5. The summed E-state index contributed by atoms with van der Waals surface area (Å²) in [7, 11) is 0. The number of hydrogen-bond acceptors (Lipinski definition) is 2. The third-order valence-electron chi connectivity index (χ3n) is 4.28. The molecule has 0 spiro atoms. The van der Waals surface area contributed by atoms with E-state index < -0.39 is 0 Å². The van der Waals surface area contributed by atoms with Gasteiger partial charge in [0.25, 0.3) is 0 Å². The lowest BCUT2D eigenvalue weighted by Gasteiger charge is -2.30. The number of halogens is 1. The number of aryl methyl sites for hydroxylation is 1. The summed E-state index contributed by atoms with van der Waals surface area (Å²) in [4.78, 5) is 0. The minimum absolute atomic E-state index is 0.350. The van der Waals surface area contributed by atoms with Gasteiger partial charge in [0, 0.05) is 11.6 Å². The van der Waals surface area contributed by atoms with E-state index in [2.05, 4.69) is 27.3 Å². The van der Waals surface area contributed by atoms with Crippen molar-refractivity contribution in [2.45, 2.75) is 51.0 Å². The number of benzene rings is 1. The van der Waals surface area contributed by atoms with Gasteiger partial charge in [0.15, 0.2) is 0 Å². The summed E-state index contributed by atoms with van der Waals surface area (Å²) in [6, 6.07) is 2.47. The molecule has 1 atom stereocenters. The molecule has 2 nitrogen and oxygen atoms in total. The predicted octanol–water partition coefficient (Wildman–Crippen LogP) is 3.85. The second-order valence-corrected chi connectivity index (χ2v) is 6.32. The SMILES string of the molecule is Oc1c(Br)cc2c(c1C1CCCCN1)CCCC2. The van der Waals surface area contributed by atoms with Crippen LogP contribution in [0.2, 0.25) is 0 Å². The van der Waals surface area contributed by atoms with E-state index in [0.29, 0.717) is 11.8 Å². The number of hydrogen-bond donors (Lipinski definition) is 2. The smallest absolute Gasteiger partial charge is 0.134 e. The molecule has 1 fully saturated rings. The van der Waals surface area contributed by atoms with Gasteiger partial charge in [-0.05, 0) is 78.2 Å². The lowest BCUT2D eigenvalue weighted by Crippen LogP contribution is -2.28. The lowest BCUT2D eigenvalue weighted by molar-refractivity contribution is 0.385. The zero-order chi connectivity index (χ0) is 12.5. The Bertz CT molecular complexity index is 452. The van der Waals surface area contributed by atoms with Gasteiger partial charge in [0.2, 0.25) is 0 Å². The van der Waals surface area contributed by atoms with Crippen LogP contribution in [0.3, 0.4) is 0 Å². The van der Waals surface area contributed by atoms with Gasteiger partial charge in [0.05, 0.1) is 4.47 Å². The van der Waals surface area contributed by atoms with E-state index in [9.17, 15) is 5.11 Å². The molecule has 1 saturated heterocycles. The average molecular weight is 310 g/mol. The quantitative estimate of drug-likeness (QED) is 0.826. The molecule has 1 aromatic carbocycles. The van der Waals surface area contributed by atoms with E-state index in [4.69, 9.17) is 0 Å². The molecule has 98 valence electrons. The van der Waals surface area contributed by atoms with Crippen LogP contribution in [0.4, 0.5) is 0 Å². The average Bonchev–Trinajstić information content (AvgIpc) is 2.41. The fraction of sp³-hybridized carbons (Fsp3) is 0.600. The molecule has 3 heteroatoms. The number of rotatable bonds is 1. The van der Waals surface area contributed by atoms with Gasteiger partial charge >= 0.3 is 0 Å². The Labute approximate surface area is 117 Å². The van der Waals surface area contributed by atoms with Crippen LogP contribution in [0, 0.1) is 0 Å². The van der Waals surface area contributed by atoms with Gasteiger partial charge in [-0.2, -0.15) is 0 Å². The van der Waals surface area contributed by atoms with Crippen LogP contribution < -0.4 is 5.32 Å². The van der Waals surface area contributed by atoms with Crippen molar-refractivity contribution in [3.63, 3.8) is 0 Å². The molecule has 1 unspecified atom stereocenters. The van der Waals surface area contributed by atoms with E-state index in [-0.39, 0.29) is 0 Å². The summed E-state index contributed by atoms with van der Waals surface area (Å²) >= 11 is 3.51. The van der Waals surface area contributed by atoms with Crippen molar-refractivity contribution in [1.82, 2.24) is 5.32 Å². The molecule has 0 saturated carbocycles. The van der Waals surface area contributed by atoms with E-state index in [1.54, 1.807) is 0 Å². The molecule has 2 aliphatic rings. The van der Waals surface area contributed by atoms with Gasteiger partial charge in [-0.25, -0.2) is 0 Å². The van der Waals surface area contributed by atoms with Crippen molar-refractivity contribution in [3.8, 4) is 5.75 Å². The van der Waals surface area contributed by atoms with E-state index in [0.717, 1.165) is 30.3 Å². The maximum atomic E-state index is 10.4. The zero-order valence-electron chi connectivity index (χ0n) is 10.6.